The van der Waals surface area contributed by atoms with Crippen LogP contribution in [0.5, 0.6) is 5.75 Å². The molecule has 1 aromatic heterocycles. The molecule has 0 saturated carbocycles. The molecule has 0 bridgehead atoms. The number of para-hydroxylation sites is 1. The fraction of sp³-hybridized carbons (Fsp3) is 0.375. The summed E-state index contributed by atoms with van der Waals surface area (Å²) in [4.78, 5) is 13.9. The fourth-order valence-electron chi connectivity index (χ4n) is 2.16. The smallest absolute Gasteiger partial charge is 0.234 e. The lowest BCUT2D eigenvalue weighted by molar-refractivity contribution is -0.122. The van der Waals surface area contributed by atoms with E-state index < -0.39 is 0 Å². The molecule has 0 aliphatic carbocycles. The van der Waals surface area contributed by atoms with Crippen molar-refractivity contribution in [3.63, 3.8) is 0 Å². The molecule has 1 amide bonds. The number of ether oxygens (including phenoxy) is 1. The van der Waals surface area contributed by atoms with Crippen molar-refractivity contribution in [2.45, 2.75) is 20.0 Å². The van der Waals surface area contributed by atoms with Gasteiger partial charge in [0.15, 0.2) is 5.76 Å². The van der Waals surface area contributed by atoms with Crippen molar-refractivity contribution in [2.24, 2.45) is 0 Å². The summed E-state index contributed by atoms with van der Waals surface area (Å²) in [6.45, 7) is 3.14. The van der Waals surface area contributed by atoms with Crippen molar-refractivity contribution in [3.05, 3.63) is 47.3 Å². The minimum Gasteiger partial charge on any atom is -0.496 e. The molecule has 0 unspecified atom stereocenters. The zero-order chi connectivity index (χ0) is 15.9. The van der Waals surface area contributed by atoms with Crippen molar-refractivity contribution in [3.8, 4) is 5.75 Å². The molecule has 0 aliphatic heterocycles. The zero-order valence-corrected chi connectivity index (χ0v) is 13.1. The molecule has 6 nitrogen and oxygen atoms in total. The molecule has 1 heterocycles. The number of benzene rings is 1. The van der Waals surface area contributed by atoms with Crippen LogP contribution in [0.25, 0.3) is 0 Å². The molecule has 6 heteroatoms. The van der Waals surface area contributed by atoms with Gasteiger partial charge in [-0.3, -0.25) is 9.69 Å². The van der Waals surface area contributed by atoms with Gasteiger partial charge >= 0.3 is 0 Å². The molecule has 0 fully saturated rings. The molecule has 0 spiro atoms. The van der Waals surface area contributed by atoms with Crippen LogP contribution in [-0.4, -0.2) is 36.7 Å². The number of nitrogens with zero attached hydrogens (tertiary/aromatic N) is 2. The van der Waals surface area contributed by atoms with E-state index in [0.717, 1.165) is 22.8 Å². The second kappa shape index (κ2) is 7.61. The van der Waals surface area contributed by atoms with Crippen LogP contribution in [0.4, 0.5) is 0 Å². The maximum absolute atomic E-state index is 12.0. The number of carbonyl (C=O) groups excluding carboxylic acids is 1. The lowest BCUT2D eigenvalue weighted by Crippen LogP contribution is -2.34. The van der Waals surface area contributed by atoms with Gasteiger partial charge in [0.25, 0.3) is 0 Å². The first-order chi connectivity index (χ1) is 10.6. The third kappa shape index (κ3) is 4.60. The molecular weight excluding hydrogens is 282 g/mol. The van der Waals surface area contributed by atoms with Crippen LogP contribution >= 0.6 is 0 Å². The first kappa shape index (κ1) is 16.0. The molecule has 0 aliphatic rings. The Morgan fingerprint density at radius 2 is 2.18 bits per heavy atom. The molecule has 1 N–H and O–H groups in total. The van der Waals surface area contributed by atoms with Gasteiger partial charge in [-0.15, -0.1) is 0 Å². The molecular formula is C16H21N3O3. The lowest BCUT2D eigenvalue weighted by atomic mass is 10.2. The third-order valence-corrected chi connectivity index (χ3v) is 3.18. The van der Waals surface area contributed by atoms with Crippen molar-refractivity contribution in [1.82, 2.24) is 15.4 Å². The average Bonchev–Trinajstić information content (AvgIpc) is 2.90. The lowest BCUT2D eigenvalue weighted by Gasteiger charge is -2.15. The fourth-order valence-corrected chi connectivity index (χ4v) is 2.16. The van der Waals surface area contributed by atoms with Gasteiger partial charge in [0, 0.05) is 18.2 Å². The van der Waals surface area contributed by atoms with Gasteiger partial charge in [0.2, 0.25) is 5.91 Å². The normalized spacial score (nSPS) is 10.7. The van der Waals surface area contributed by atoms with E-state index in [1.807, 2.05) is 49.2 Å². The summed E-state index contributed by atoms with van der Waals surface area (Å²) in [6, 6.07) is 9.49. The molecule has 2 rings (SSSR count). The van der Waals surface area contributed by atoms with Crippen LogP contribution in [0.15, 0.2) is 34.9 Å². The summed E-state index contributed by atoms with van der Waals surface area (Å²) in [7, 11) is 3.48. The van der Waals surface area contributed by atoms with E-state index in [1.54, 1.807) is 7.11 Å². The summed E-state index contributed by atoms with van der Waals surface area (Å²) in [6.07, 6.45) is 0. The number of aromatic nitrogens is 1. The zero-order valence-electron chi connectivity index (χ0n) is 13.1. The summed E-state index contributed by atoms with van der Waals surface area (Å²) < 4.78 is 10.4. The SMILES string of the molecule is COc1ccccc1CNC(=O)CN(C)Cc1cc(C)no1. The average molecular weight is 303 g/mol. The van der Waals surface area contributed by atoms with Crippen molar-refractivity contribution >= 4 is 5.91 Å². The number of likely N-dealkylation sites (N-methyl/N-ethyl adjacent to an activating group) is 1. The minimum atomic E-state index is -0.0513. The highest BCUT2D eigenvalue weighted by molar-refractivity contribution is 5.78. The number of nitrogens with one attached hydrogen (secondary N) is 1. The Morgan fingerprint density at radius 3 is 2.86 bits per heavy atom. The van der Waals surface area contributed by atoms with E-state index in [4.69, 9.17) is 9.26 Å². The second-order valence-electron chi connectivity index (χ2n) is 5.20. The van der Waals surface area contributed by atoms with Gasteiger partial charge < -0.3 is 14.6 Å². The topological polar surface area (TPSA) is 67.6 Å². The van der Waals surface area contributed by atoms with Crippen LogP contribution in [0, 0.1) is 6.92 Å². The van der Waals surface area contributed by atoms with Gasteiger partial charge in [-0.1, -0.05) is 23.4 Å². The van der Waals surface area contributed by atoms with E-state index in [1.165, 1.54) is 0 Å². The number of carbonyl (C=O) groups is 1. The standard InChI is InChI=1S/C16H21N3O3/c1-12-8-14(22-18-12)10-19(2)11-16(20)17-9-13-6-4-5-7-15(13)21-3/h4-8H,9-11H2,1-3H3,(H,17,20). The Hall–Kier alpha value is -2.34. The highest BCUT2D eigenvalue weighted by atomic mass is 16.5. The van der Waals surface area contributed by atoms with Gasteiger partial charge in [-0.25, -0.2) is 0 Å². The summed E-state index contributed by atoms with van der Waals surface area (Å²) >= 11 is 0. The van der Waals surface area contributed by atoms with Gasteiger partial charge in [-0.05, 0) is 20.0 Å². The minimum absolute atomic E-state index is 0.0513. The van der Waals surface area contributed by atoms with Gasteiger partial charge in [0.05, 0.1) is 25.9 Å². The highest BCUT2D eigenvalue weighted by Crippen LogP contribution is 2.16. The Kier molecular flexibility index (Phi) is 5.55. The predicted molar refractivity (Wildman–Crippen MR) is 82.4 cm³/mol. The number of aryl methyl sites for hydroxylation is 1. The third-order valence-electron chi connectivity index (χ3n) is 3.18. The van der Waals surface area contributed by atoms with Crippen molar-refractivity contribution in [2.75, 3.05) is 20.7 Å². The number of hydrogen-bond acceptors (Lipinski definition) is 5. The first-order valence-electron chi connectivity index (χ1n) is 7.08. The van der Waals surface area contributed by atoms with E-state index in [2.05, 4.69) is 10.5 Å². The van der Waals surface area contributed by atoms with Gasteiger partial charge in [0.1, 0.15) is 5.75 Å². The Labute approximate surface area is 130 Å². The van der Waals surface area contributed by atoms with E-state index in [9.17, 15) is 4.79 Å². The van der Waals surface area contributed by atoms with E-state index in [0.29, 0.717) is 13.1 Å². The summed E-state index contributed by atoms with van der Waals surface area (Å²) in [5.74, 6) is 1.47. The Bertz CT molecular complexity index is 625. The number of amides is 1. The largest absolute Gasteiger partial charge is 0.496 e. The molecule has 0 atom stereocenters. The molecule has 22 heavy (non-hydrogen) atoms. The van der Waals surface area contributed by atoms with Crippen molar-refractivity contribution in [1.29, 1.82) is 0 Å². The molecule has 2 aromatic rings. The maximum atomic E-state index is 12.0. The Balaban J connectivity index is 1.80. The molecule has 0 saturated heterocycles. The van der Waals surface area contributed by atoms with Gasteiger partial charge in [-0.2, -0.15) is 0 Å². The second-order valence-corrected chi connectivity index (χ2v) is 5.20. The Morgan fingerprint density at radius 1 is 1.41 bits per heavy atom. The quantitative estimate of drug-likeness (QED) is 0.844. The predicted octanol–water partition coefficient (Wildman–Crippen LogP) is 1.74. The monoisotopic (exact) mass is 303 g/mol. The summed E-state index contributed by atoms with van der Waals surface area (Å²) in [5, 5.41) is 6.72. The molecule has 0 radical (unpaired) electrons. The summed E-state index contributed by atoms with van der Waals surface area (Å²) in [5.41, 5.74) is 1.79. The van der Waals surface area contributed by atoms with Crippen LogP contribution < -0.4 is 10.1 Å². The van der Waals surface area contributed by atoms with Crippen LogP contribution in [0.2, 0.25) is 0 Å². The molecule has 1 aromatic carbocycles. The number of rotatable bonds is 7. The maximum Gasteiger partial charge on any atom is 0.234 e. The van der Waals surface area contributed by atoms with Crippen LogP contribution in [-0.2, 0) is 17.9 Å². The highest BCUT2D eigenvalue weighted by Gasteiger charge is 2.10. The molecule has 118 valence electrons. The van der Waals surface area contributed by atoms with Crippen LogP contribution in [0.3, 0.4) is 0 Å². The number of hydrogen-bond donors (Lipinski definition) is 1. The van der Waals surface area contributed by atoms with E-state index in [-0.39, 0.29) is 12.5 Å². The van der Waals surface area contributed by atoms with E-state index >= 15 is 0 Å². The van der Waals surface area contributed by atoms with Crippen LogP contribution in [0.1, 0.15) is 17.0 Å². The number of methoxy groups -OCH3 is 1. The van der Waals surface area contributed by atoms with Crippen molar-refractivity contribution < 1.29 is 14.1 Å². The first-order valence-corrected chi connectivity index (χ1v) is 7.08.